The molecular formula is C16H15ClN2O3. The molecule has 2 aromatic carbocycles. The van der Waals surface area contributed by atoms with Gasteiger partial charge in [0, 0.05) is 11.3 Å². The van der Waals surface area contributed by atoms with Crippen molar-refractivity contribution in [3.05, 3.63) is 58.6 Å². The van der Waals surface area contributed by atoms with E-state index in [-0.39, 0.29) is 5.91 Å². The quantitative estimate of drug-likeness (QED) is 0.669. The molecule has 1 amide bonds. The highest BCUT2D eigenvalue weighted by Gasteiger charge is 2.09. The maximum Gasteiger partial charge on any atom is 0.338 e. The van der Waals surface area contributed by atoms with E-state index in [1.807, 2.05) is 0 Å². The maximum absolute atomic E-state index is 12.1. The minimum absolute atomic E-state index is 0.313. The van der Waals surface area contributed by atoms with E-state index in [9.17, 15) is 9.59 Å². The number of esters is 1. The number of amides is 1. The normalized spacial score (nSPS) is 10.1. The standard InChI is InChI=1S/C16H15ClN2O3/c1-2-22-16(21)10-3-6-12(7-4-10)19-15(20)11-5-8-13(17)14(18)9-11/h3-9H,2,18H2,1H3,(H,19,20). The predicted molar refractivity (Wildman–Crippen MR) is 86.2 cm³/mol. The molecule has 0 aliphatic carbocycles. The first kappa shape index (κ1) is 15.9. The van der Waals surface area contributed by atoms with Gasteiger partial charge in [-0.2, -0.15) is 0 Å². The van der Waals surface area contributed by atoms with Gasteiger partial charge < -0.3 is 15.8 Å². The number of nitrogens with one attached hydrogen (secondary N) is 1. The summed E-state index contributed by atoms with van der Waals surface area (Å²) in [4.78, 5) is 23.6. The van der Waals surface area contributed by atoms with Crippen LogP contribution in [-0.4, -0.2) is 18.5 Å². The number of halogens is 1. The predicted octanol–water partition coefficient (Wildman–Crippen LogP) is 3.35. The minimum Gasteiger partial charge on any atom is -0.462 e. The molecule has 0 saturated carbocycles. The summed E-state index contributed by atoms with van der Waals surface area (Å²) < 4.78 is 4.89. The molecule has 2 aromatic rings. The van der Waals surface area contributed by atoms with Gasteiger partial charge in [0.2, 0.25) is 0 Å². The molecule has 0 saturated heterocycles. The van der Waals surface area contributed by atoms with Crippen molar-refractivity contribution in [2.24, 2.45) is 0 Å². The molecule has 5 nitrogen and oxygen atoms in total. The number of carbonyl (C=O) groups excluding carboxylic acids is 2. The van der Waals surface area contributed by atoms with E-state index in [4.69, 9.17) is 22.1 Å². The Hall–Kier alpha value is -2.53. The van der Waals surface area contributed by atoms with Gasteiger partial charge in [-0.15, -0.1) is 0 Å². The van der Waals surface area contributed by atoms with E-state index in [0.717, 1.165) is 0 Å². The van der Waals surface area contributed by atoms with E-state index in [1.165, 1.54) is 6.07 Å². The first-order chi connectivity index (χ1) is 10.5. The zero-order valence-corrected chi connectivity index (χ0v) is 12.7. The number of ether oxygens (including phenoxy) is 1. The molecule has 0 unspecified atom stereocenters. The van der Waals surface area contributed by atoms with Gasteiger partial charge in [-0.25, -0.2) is 4.79 Å². The van der Waals surface area contributed by atoms with Gasteiger partial charge in [-0.3, -0.25) is 4.79 Å². The Kier molecular flexibility index (Phi) is 5.01. The van der Waals surface area contributed by atoms with Gasteiger partial charge in [0.25, 0.3) is 5.91 Å². The zero-order valence-electron chi connectivity index (χ0n) is 11.9. The highest BCUT2D eigenvalue weighted by Crippen LogP contribution is 2.20. The highest BCUT2D eigenvalue weighted by molar-refractivity contribution is 6.33. The molecular weight excluding hydrogens is 304 g/mol. The molecule has 2 rings (SSSR count). The highest BCUT2D eigenvalue weighted by atomic mass is 35.5. The molecule has 0 aromatic heterocycles. The fraction of sp³-hybridized carbons (Fsp3) is 0.125. The van der Waals surface area contributed by atoms with Crippen LogP contribution in [0.25, 0.3) is 0 Å². The number of carbonyl (C=O) groups is 2. The zero-order chi connectivity index (χ0) is 16.1. The lowest BCUT2D eigenvalue weighted by Crippen LogP contribution is -2.12. The maximum atomic E-state index is 12.1. The van der Waals surface area contributed by atoms with Crippen molar-refractivity contribution in [3.63, 3.8) is 0 Å². The van der Waals surface area contributed by atoms with Crippen molar-refractivity contribution in [3.8, 4) is 0 Å². The molecule has 3 N–H and O–H groups in total. The van der Waals surface area contributed by atoms with E-state index in [2.05, 4.69) is 5.32 Å². The van der Waals surface area contributed by atoms with Gasteiger partial charge in [0.05, 0.1) is 22.9 Å². The van der Waals surface area contributed by atoms with Crippen LogP contribution >= 0.6 is 11.6 Å². The summed E-state index contributed by atoms with van der Waals surface area (Å²) in [5, 5.41) is 3.11. The monoisotopic (exact) mass is 318 g/mol. The second-order valence-electron chi connectivity index (χ2n) is 4.49. The molecule has 22 heavy (non-hydrogen) atoms. The number of nitrogens with two attached hydrogens (primary N) is 1. The van der Waals surface area contributed by atoms with Crippen LogP contribution < -0.4 is 11.1 Å². The van der Waals surface area contributed by atoms with Gasteiger partial charge in [0.15, 0.2) is 0 Å². The van der Waals surface area contributed by atoms with Crippen LogP contribution in [0.5, 0.6) is 0 Å². The summed E-state index contributed by atoms with van der Waals surface area (Å²) in [5.41, 5.74) is 7.40. The molecule has 114 valence electrons. The van der Waals surface area contributed by atoms with Crippen molar-refractivity contribution >= 4 is 34.9 Å². The lowest BCUT2D eigenvalue weighted by atomic mass is 10.1. The number of rotatable bonds is 4. The minimum atomic E-state index is -0.397. The summed E-state index contributed by atoms with van der Waals surface area (Å²) in [6.07, 6.45) is 0. The summed E-state index contributed by atoms with van der Waals surface area (Å²) >= 11 is 5.82. The van der Waals surface area contributed by atoms with E-state index >= 15 is 0 Å². The van der Waals surface area contributed by atoms with Crippen LogP contribution in [-0.2, 0) is 4.74 Å². The van der Waals surface area contributed by atoms with E-state index in [0.29, 0.717) is 34.1 Å². The molecule has 0 radical (unpaired) electrons. The van der Waals surface area contributed by atoms with Gasteiger partial charge >= 0.3 is 5.97 Å². The number of hydrogen-bond acceptors (Lipinski definition) is 4. The Labute approximate surface area is 133 Å². The summed E-state index contributed by atoms with van der Waals surface area (Å²) in [7, 11) is 0. The molecule has 0 fully saturated rings. The molecule has 0 atom stereocenters. The molecule has 0 spiro atoms. The van der Waals surface area contributed by atoms with E-state index in [1.54, 1.807) is 43.3 Å². The molecule has 0 aliphatic heterocycles. The Bertz CT molecular complexity index is 699. The van der Waals surface area contributed by atoms with Crippen molar-refractivity contribution in [1.82, 2.24) is 0 Å². The Morgan fingerprint density at radius 3 is 2.36 bits per heavy atom. The average Bonchev–Trinajstić information content (AvgIpc) is 2.51. The largest absolute Gasteiger partial charge is 0.462 e. The topological polar surface area (TPSA) is 81.4 Å². The third kappa shape index (κ3) is 3.77. The molecule has 0 aliphatic rings. The Balaban J connectivity index is 2.08. The third-order valence-corrected chi connectivity index (χ3v) is 3.26. The fourth-order valence-electron chi connectivity index (χ4n) is 1.79. The SMILES string of the molecule is CCOC(=O)c1ccc(NC(=O)c2ccc(Cl)c(N)c2)cc1. The van der Waals surface area contributed by atoms with E-state index < -0.39 is 5.97 Å². The van der Waals surface area contributed by atoms with Crippen molar-refractivity contribution in [2.45, 2.75) is 6.92 Å². The molecule has 6 heteroatoms. The Morgan fingerprint density at radius 1 is 1.14 bits per heavy atom. The smallest absolute Gasteiger partial charge is 0.338 e. The number of benzene rings is 2. The van der Waals surface area contributed by atoms with Crippen LogP contribution in [0.2, 0.25) is 5.02 Å². The number of hydrogen-bond donors (Lipinski definition) is 2. The van der Waals surface area contributed by atoms with Gasteiger partial charge in [-0.05, 0) is 49.4 Å². The molecule has 0 heterocycles. The van der Waals surface area contributed by atoms with Gasteiger partial charge in [-0.1, -0.05) is 11.6 Å². The molecule has 0 bridgehead atoms. The van der Waals surface area contributed by atoms with Crippen LogP contribution in [0, 0.1) is 0 Å². The summed E-state index contributed by atoms with van der Waals surface area (Å²) in [6.45, 7) is 2.06. The van der Waals surface area contributed by atoms with Crippen LogP contribution in [0.1, 0.15) is 27.6 Å². The lowest BCUT2D eigenvalue weighted by molar-refractivity contribution is 0.0526. The number of nitrogen functional groups attached to an aromatic ring is 1. The lowest BCUT2D eigenvalue weighted by Gasteiger charge is -2.07. The Morgan fingerprint density at radius 2 is 1.77 bits per heavy atom. The van der Waals surface area contributed by atoms with Crippen LogP contribution in [0.15, 0.2) is 42.5 Å². The first-order valence-corrected chi connectivity index (χ1v) is 7.02. The van der Waals surface area contributed by atoms with Gasteiger partial charge in [0.1, 0.15) is 0 Å². The second kappa shape index (κ2) is 6.95. The van der Waals surface area contributed by atoms with Crippen molar-refractivity contribution in [1.29, 1.82) is 0 Å². The summed E-state index contributed by atoms with van der Waals surface area (Å²) in [6, 6.07) is 11.1. The van der Waals surface area contributed by atoms with Crippen LogP contribution in [0.4, 0.5) is 11.4 Å². The van der Waals surface area contributed by atoms with Crippen molar-refractivity contribution in [2.75, 3.05) is 17.7 Å². The average molecular weight is 319 g/mol. The summed E-state index contributed by atoms with van der Waals surface area (Å²) in [5.74, 6) is -0.710. The first-order valence-electron chi connectivity index (χ1n) is 6.65. The number of anilines is 2. The van der Waals surface area contributed by atoms with Crippen LogP contribution in [0.3, 0.4) is 0 Å². The fourth-order valence-corrected chi connectivity index (χ4v) is 1.91. The third-order valence-electron chi connectivity index (χ3n) is 2.91. The van der Waals surface area contributed by atoms with Crippen molar-refractivity contribution < 1.29 is 14.3 Å². The second-order valence-corrected chi connectivity index (χ2v) is 4.90.